The minimum absolute atomic E-state index is 0.351. The van der Waals surface area contributed by atoms with E-state index in [2.05, 4.69) is 24.3 Å². The number of hydrogen-bond donors (Lipinski definition) is 1. The van der Waals surface area contributed by atoms with Gasteiger partial charge in [-0.05, 0) is 31.5 Å². The van der Waals surface area contributed by atoms with Gasteiger partial charge in [-0.25, -0.2) is 0 Å². The predicted molar refractivity (Wildman–Crippen MR) is 81.2 cm³/mol. The Balaban J connectivity index is 1.81. The van der Waals surface area contributed by atoms with Crippen molar-refractivity contribution in [2.75, 3.05) is 5.32 Å². The van der Waals surface area contributed by atoms with Crippen molar-refractivity contribution in [3.05, 3.63) is 47.4 Å². The largest absolute Gasteiger partial charge is 0.444 e. The number of anilines is 1. The van der Waals surface area contributed by atoms with Gasteiger partial charge in [0, 0.05) is 29.7 Å². The van der Waals surface area contributed by atoms with Crippen molar-refractivity contribution in [1.29, 1.82) is 0 Å². The molecule has 0 amide bonds. The lowest BCUT2D eigenvalue weighted by Gasteiger charge is -2.04. The first kappa shape index (κ1) is 13.1. The maximum atomic E-state index is 6.16. The predicted octanol–water partition coefficient (Wildman–Crippen LogP) is 4.48. The van der Waals surface area contributed by atoms with Crippen LogP contribution in [0, 0.1) is 0 Å². The summed E-state index contributed by atoms with van der Waals surface area (Å²) in [5, 5.41) is 9.11. The van der Waals surface area contributed by atoms with Crippen molar-refractivity contribution in [2.24, 2.45) is 0 Å². The number of para-hydroxylation sites is 1. The van der Waals surface area contributed by atoms with Crippen LogP contribution < -0.4 is 5.32 Å². The number of aromatic nitrogens is 2. The summed E-state index contributed by atoms with van der Waals surface area (Å²) in [6, 6.07) is 8.20. The molecule has 1 aromatic carbocycles. The Hall–Kier alpha value is -1.94. The molecular formula is C15H16ClN3O. The quantitative estimate of drug-likeness (QED) is 0.770. The topological polar surface area (TPSA) is 43.0 Å². The van der Waals surface area contributed by atoms with Crippen LogP contribution in [0.4, 0.5) is 5.69 Å². The molecule has 3 aromatic rings. The molecule has 0 saturated carbocycles. The standard InChI is InChI=1S/C15H16ClN3O/c1-10(2)19-9-11(7-18-19)17-8-13-12-5-3-4-6-14(12)20-15(13)16/h3-7,9-10,17H,8H2,1-2H3. The fourth-order valence-electron chi connectivity index (χ4n) is 2.14. The number of rotatable bonds is 4. The van der Waals surface area contributed by atoms with Gasteiger partial charge in [0.2, 0.25) is 0 Å². The highest BCUT2D eigenvalue weighted by Crippen LogP contribution is 2.30. The number of halogens is 1. The zero-order valence-corrected chi connectivity index (χ0v) is 12.2. The SMILES string of the molecule is CC(C)n1cc(NCc2c(Cl)oc3ccccc23)cn1. The second-order valence-corrected chi connectivity index (χ2v) is 5.35. The zero-order valence-electron chi connectivity index (χ0n) is 11.4. The molecule has 0 spiro atoms. The molecule has 2 heterocycles. The van der Waals surface area contributed by atoms with Crippen LogP contribution in [0.2, 0.25) is 5.22 Å². The molecule has 0 aliphatic rings. The van der Waals surface area contributed by atoms with E-state index in [-0.39, 0.29) is 0 Å². The van der Waals surface area contributed by atoms with Gasteiger partial charge in [0.1, 0.15) is 5.58 Å². The van der Waals surface area contributed by atoms with Crippen LogP contribution in [0.1, 0.15) is 25.5 Å². The van der Waals surface area contributed by atoms with Crippen LogP contribution in [-0.4, -0.2) is 9.78 Å². The average molecular weight is 290 g/mol. The van der Waals surface area contributed by atoms with Gasteiger partial charge in [0.05, 0.1) is 11.9 Å². The number of nitrogens with one attached hydrogen (secondary N) is 1. The molecule has 0 saturated heterocycles. The Morgan fingerprint density at radius 1 is 1.35 bits per heavy atom. The average Bonchev–Trinajstić information content (AvgIpc) is 3.00. The lowest BCUT2D eigenvalue weighted by molar-refractivity contribution is 0.532. The van der Waals surface area contributed by atoms with Crippen LogP contribution in [0.15, 0.2) is 41.1 Å². The minimum atomic E-state index is 0.351. The first-order chi connectivity index (χ1) is 9.65. The molecule has 0 fully saturated rings. The maximum absolute atomic E-state index is 6.16. The first-order valence-corrected chi connectivity index (χ1v) is 6.97. The number of fused-ring (bicyclic) bond motifs is 1. The second kappa shape index (κ2) is 5.21. The molecule has 104 valence electrons. The van der Waals surface area contributed by atoms with Gasteiger partial charge in [-0.2, -0.15) is 5.10 Å². The Bertz CT molecular complexity index is 730. The lowest BCUT2D eigenvalue weighted by Crippen LogP contribution is -2.01. The Morgan fingerprint density at radius 2 is 2.15 bits per heavy atom. The van der Waals surface area contributed by atoms with Gasteiger partial charge >= 0.3 is 0 Å². The van der Waals surface area contributed by atoms with Crippen LogP contribution in [0.3, 0.4) is 0 Å². The number of furan rings is 1. The summed E-state index contributed by atoms with van der Waals surface area (Å²) in [5.41, 5.74) is 2.76. The van der Waals surface area contributed by atoms with Crippen molar-refractivity contribution in [2.45, 2.75) is 26.4 Å². The van der Waals surface area contributed by atoms with E-state index in [1.807, 2.05) is 41.3 Å². The Labute approximate surface area is 122 Å². The smallest absolute Gasteiger partial charge is 0.199 e. The normalized spacial score (nSPS) is 11.4. The third kappa shape index (κ3) is 2.39. The molecule has 5 heteroatoms. The summed E-state index contributed by atoms with van der Waals surface area (Å²) in [6.07, 6.45) is 3.80. The molecule has 0 atom stereocenters. The van der Waals surface area contributed by atoms with Crippen LogP contribution in [-0.2, 0) is 6.54 Å². The Kier molecular flexibility index (Phi) is 3.40. The minimum Gasteiger partial charge on any atom is -0.444 e. The van der Waals surface area contributed by atoms with Gasteiger partial charge in [0.25, 0.3) is 0 Å². The molecule has 0 bridgehead atoms. The van der Waals surface area contributed by atoms with Crippen LogP contribution in [0.25, 0.3) is 11.0 Å². The fraction of sp³-hybridized carbons (Fsp3) is 0.267. The van der Waals surface area contributed by atoms with Crippen molar-refractivity contribution in [3.8, 4) is 0 Å². The molecule has 1 N–H and O–H groups in total. The molecule has 2 aromatic heterocycles. The number of benzene rings is 1. The van der Waals surface area contributed by atoms with Gasteiger partial charge in [-0.1, -0.05) is 18.2 Å². The fourth-order valence-corrected chi connectivity index (χ4v) is 2.39. The van der Waals surface area contributed by atoms with Gasteiger partial charge in [-0.15, -0.1) is 0 Å². The van der Waals surface area contributed by atoms with Gasteiger partial charge < -0.3 is 9.73 Å². The van der Waals surface area contributed by atoms with Gasteiger partial charge in [-0.3, -0.25) is 4.68 Å². The Morgan fingerprint density at radius 3 is 2.90 bits per heavy atom. The molecule has 0 radical (unpaired) electrons. The summed E-state index contributed by atoms with van der Waals surface area (Å²) < 4.78 is 7.45. The van der Waals surface area contributed by atoms with Crippen LogP contribution in [0.5, 0.6) is 0 Å². The number of hydrogen-bond acceptors (Lipinski definition) is 3. The molecule has 0 unspecified atom stereocenters. The summed E-state index contributed by atoms with van der Waals surface area (Å²) in [7, 11) is 0. The van der Waals surface area contributed by atoms with E-state index in [1.54, 1.807) is 0 Å². The molecule has 0 aliphatic carbocycles. The highest BCUT2D eigenvalue weighted by Gasteiger charge is 2.12. The summed E-state index contributed by atoms with van der Waals surface area (Å²) in [5.74, 6) is 0. The number of nitrogens with zero attached hydrogens (tertiary/aromatic N) is 2. The van der Waals surface area contributed by atoms with E-state index in [0.717, 1.165) is 22.2 Å². The summed E-state index contributed by atoms with van der Waals surface area (Å²) in [4.78, 5) is 0. The van der Waals surface area contributed by atoms with Crippen molar-refractivity contribution in [1.82, 2.24) is 9.78 Å². The maximum Gasteiger partial charge on any atom is 0.199 e. The van der Waals surface area contributed by atoms with Crippen molar-refractivity contribution < 1.29 is 4.42 Å². The van der Waals surface area contributed by atoms with E-state index in [1.165, 1.54) is 0 Å². The van der Waals surface area contributed by atoms with Crippen LogP contribution >= 0.6 is 11.6 Å². The summed E-state index contributed by atoms with van der Waals surface area (Å²) in [6.45, 7) is 4.80. The first-order valence-electron chi connectivity index (χ1n) is 6.59. The molecule has 3 rings (SSSR count). The molecular weight excluding hydrogens is 274 g/mol. The molecule has 4 nitrogen and oxygen atoms in total. The lowest BCUT2D eigenvalue weighted by atomic mass is 10.2. The van der Waals surface area contributed by atoms with E-state index in [4.69, 9.17) is 16.0 Å². The van der Waals surface area contributed by atoms with E-state index in [9.17, 15) is 0 Å². The molecule has 20 heavy (non-hydrogen) atoms. The molecule has 0 aliphatic heterocycles. The van der Waals surface area contributed by atoms with E-state index >= 15 is 0 Å². The van der Waals surface area contributed by atoms with Crippen molar-refractivity contribution >= 4 is 28.3 Å². The zero-order chi connectivity index (χ0) is 14.1. The monoisotopic (exact) mass is 289 g/mol. The van der Waals surface area contributed by atoms with E-state index < -0.39 is 0 Å². The van der Waals surface area contributed by atoms with Gasteiger partial charge in [0.15, 0.2) is 5.22 Å². The third-order valence-electron chi connectivity index (χ3n) is 3.25. The third-order valence-corrected chi connectivity index (χ3v) is 3.55. The highest BCUT2D eigenvalue weighted by molar-refractivity contribution is 6.30. The second-order valence-electron chi connectivity index (χ2n) is 5.01. The van der Waals surface area contributed by atoms with Crippen molar-refractivity contribution in [3.63, 3.8) is 0 Å². The summed E-state index contributed by atoms with van der Waals surface area (Å²) >= 11 is 6.16. The highest BCUT2D eigenvalue weighted by atomic mass is 35.5. The van der Waals surface area contributed by atoms with E-state index in [0.29, 0.717) is 17.8 Å².